The summed E-state index contributed by atoms with van der Waals surface area (Å²) < 4.78 is 0. The maximum Gasteiger partial charge on any atom is 0.0411 e. The van der Waals surface area contributed by atoms with Crippen LogP contribution in [0.4, 0.5) is 5.69 Å². The Morgan fingerprint density at radius 2 is 1.79 bits per heavy atom. The third kappa shape index (κ3) is 3.73. The summed E-state index contributed by atoms with van der Waals surface area (Å²) in [5, 5.41) is 3.68. The number of para-hydroxylation sites is 1. The second-order valence-electron chi connectivity index (χ2n) is 6.79. The molecule has 1 atom stereocenters. The van der Waals surface area contributed by atoms with E-state index in [2.05, 4.69) is 62.2 Å². The van der Waals surface area contributed by atoms with Crippen LogP contribution in [-0.2, 0) is 6.54 Å². The molecule has 0 aromatic heterocycles. The third-order valence-corrected chi connectivity index (χ3v) is 4.34. The number of hydrogen-bond acceptors (Lipinski definition) is 2. The molecule has 0 spiro atoms. The minimum absolute atomic E-state index is 0.308. The summed E-state index contributed by atoms with van der Waals surface area (Å²) in [4.78, 5) is 2.53. The lowest BCUT2D eigenvalue weighted by Gasteiger charge is -2.29. The van der Waals surface area contributed by atoms with Crippen molar-refractivity contribution >= 4 is 5.69 Å². The Bertz CT molecular complexity index is 400. The molecule has 1 heterocycles. The Morgan fingerprint density at radius 3 is 2.42 bits per heavy atom. The molecule has 1 aromatic rings. The number of nitrogens with one attached hydrogen (secondary N) is 1. The second kappa shape index (κ2) is 5.96. The number of anilines is 1. The Kier molecular flexibility index (Phi) is 4.51. The molecule has 0 bridgehead atoms. The lowest BCUT2D eigenvalue weighted by atomic mass is 9.88. The van der Waals surface area contributed by atoms with Gasteiger partial charge in [-0.15, -0.1) is 0 Å². The van der Waals surface area contributed by atoms with Crippen molar-refractivity contribution in [1.82, 2.24) is 5.32 Å². The van der Waals surface area contributed by atoms with Gasteiger partial charge in [0.05, 0.1) is 0 Å². The zero-order valence-corrected chi connectivity index (χ0v) is 12.9. The van der Waals surface area contributed by atoms with Crippen LogP contribution in [0.25, 0.3) is 0 Å². The van der Waals surface area contributed by atoms with E-state index < -0.39 is 0 Å². The molecule has 1 N–H and O–H groups in total. The van der Waals surface area contributed by atoms with Crippen LogP contribution in [0.5, 0.6) is 0 Å². The highest BCUT2D eigenvalue weighted by atomic mass is 15.1. The predicted molar refractivity (Wildman–Crippen MR) is 83.6 cm³/mol. The van der Waals surface area contributed by atoms with Crippen molar-refractivity contribution in [3.63, 3.8) is 0 Å². The van der Waals surface area contributed by atoms with Gasteiger partial charge >= 0.3 is 0 Å². The van der Waals surface area contributed by atoms with E-state index in [4.69, 9.17) is 0 Å². The van der Waals surface area contributed by atoms with Crippen molar-refractivity contribution in [3.05, 3.63) is 29.8 Å². The molecule has 2 rings (SSSR count). The van der Waals surface area contributed by atoms with Gasteiger partial charge in [-0.1, -0.05) is 39.0 Å². The fourth-order valence-corrected chi connectivity index (χ4v) is 2.50. The quantitative estimate of drug-likeness (QED) is 0.885. The molecule has 0 amide bonds. The molecule has 1 aliphatic rings. The van der Waals surface area contributed by atoms with Gasteiger partial charge in [0.1, 0.15) is 0 Å². The molecule has 1 aromatic carbocycles. The molecule has 2 nitrogen and oxygen atoms in total. The Morgan fingerprint density at radius 1 is 1.16 bits per heavy atom. The van der Waals surface area contributed by atoms with Crippen molar-refractivity contribution in [1.29, 1.82) is 0 Å². The van der Waals surface area contributed by atoms with Crippen LogP contribution in [0.3, 0.4) is 0 Å². The van der Waals surface area contributed by atoms with E-state index in [9.17, 15) is 0 Å². The average molecular weight is 260 g/mol. The van der Waals surface area contributed by atoms with Gasteiger partial charge in [-0.2, -0.15) is 0 Å². The van der Waals surface area contributed by atoms with Crippen molar-refractivity contribution in [3.8, 4) is 0 Å². The first kappa shape index (κ1) is 14.4. The molecule has 106 valence electrons. The first-order valence-electron chi connectivity index (χ1n) is 7.55. The van der Waals surface area contributed by atoms with Gasteiger partial charge in [0.2, 0.25) is 0 Å². The van der Waals surface area contributed by atoms with Gasteiger partial charge in [-0.3, -0.25) is 0 Å². The van der Waals surface area contributed by atoms with Crippen LogP contribution in [0.1, 0.15) is 46.1 Å². The van der Waals surface area contributed by atoms with E-state index in [0.29, 0.717) is 11.5 Å². The van der Waals surface area contributed by atoms with Gasteiger partial charge in [-0.05, 0) is 36.8 Å². The van der Waals surface area contributed by atoms with Crippen molar-refractivity contribution in [2.45, 2.75) is 53.1 Å². The third-order valence-electron chi connectivity index (χ3n) is 4.34. The number of benzene rings is 1. The van der Waals surface area contributed by atoms with Crippen LogP contribution in [0.2, 0.25) is 0 Å². The molecular weight excluding hydrogens is 232 g/mol. The van der Waals surface area contributed by atoms with Crippen molar-refractivity contribution in [2.24, 2.45) is 5.41 Å². The summed E-state index contributed by atoms with van der Waals surface area (Å²) >= 11 is 0. The maximum atomic E-state index is 3.68. The fraction of sp³-hybridized carbons (Fsp3) is 0.647. The normalized spacial score (nSPS) is 17.8. The molecule has 1 fully saturated rings. The summed E-state index contributed by atoms with van der Waals surface area (Å²) in [6.07, 6.45) is 2.67. The molecular formula is C17H28N2. The minimum atomic E-state index is 0.308. The van der Waals surface area contributed by atoms with Gasteiger partial charge in [-0.25, -0.2) is 0 Å². The van der Waals surface area contributed by atoms with Crippen LogP contribution in [0, 0.1) is 5.41 Å². The van der Waals surface area contributed by atoms with Gasteiger partial charge < -0.3 is 10.2 Å². The number of nitrogens with zero attached hydrogens (tertiary/aromatic N) is 1. The standard InChI is InChI=1S/C17H28N2/c1-14(17(2,3)4)18-13-15-9-5-6-10-16(15)19-11-7-8-12-19/h5-6,9-10,14,18H,7-8,11-13H2,1-4H3. The summed E-state index contributed by atoms with van der Waals surface area (Å²) in [7, 11) is 0. The highest BCUT2D eigenvalue weighted by molar-refractivity contribution is 5.54. The van der Waals surface area contributed by atoms with Gasteiger partial charge in [0.15, 0.2) is 0 Å². The van der Waals surface area contributed by atoms with Gasteiger partial charge in [0.25, 0.3) is 0 Å². The van der Waals surface area contributed by atoms with Crippen molar-refractivity contribution in [2.75, 3.05) is 18.0 Å². The molecule has 0 aliphatic carbocycles. The topological polar surface area (TPSA) is 15.3 Å². The molecule has 2 heteroatoms. The summed E-state index contributed by atoms with van der Waals surface area (Å²) in [6.45, 7) is 12.5. The smallest absolute Gasteiger partial charge is 0.0411 e. The molecule has 19 heavy (non-hydrogen) atoms. The average Bonchev–Trinajstić information content (AvgIpc) is 2.88. The summed E-state index contributed by atoms with van der Waals surface area (Å²) in [6, 6.07) is 9.35. The zero-order valence-electron chi connectivity index (χ0n) is 12.9. The lowest BCUT2D eigenvalue weighted by Crippen LogP contribution is -2.37. The predicted octanol–water partition coefficient (Wildman–Crippen LogP) is 3.81. The van der Waals surface area contributed by atoms with E-state index in [1.165, 1.54) is 37.2 Å². The zero-order chi connectivity index (χ0) is 13.9. The monoisotopic (exact) mass is 260 g/mol. The summed E-state index contributed by atoms with van der Waals surface area (Å²) in [5.74, 6) is 0. The van der Waals surface area contributed by atoms with E-state index >= 15 is 0 Å². The second-order valence-corrected chi connectivity index (χ2v) is 6.79. The SMILES string of the molecule is CC(NCc1ccccc1N1CCCC1)C(C)(C)C. The highest BCUT2D eigenvalue weighted by Crippen LogP contribution is 2.25. The molecule has 0 saturated carbocycles. The molecule has 1 unspecified atom stereocenters. The lowest BCUT2D eigenvalue weighted by molar-refractivity contribution is 0.285. The first-order chi connectivity index (χ1) is 8.98. The number of hydrogen-bond donors (Lipinski definition) is 1. The van der Waals surface area contributed by atoms with Gasteiger partial charge in [0, 0.05) is 31.4 Å². The Hall–Kier alpha value is -1.02. The van der Waals surface area contributed by atoms with E-state index in [-0.39, 0.29) is 0 Å². The van der Waals surface area contributed by atoms with Crippen LogP contribution in [0.15, 0.2) is 24.3 Å². The molecule has 1 aliphatic heterocycles. The highest BCUT2D eigenvalue weighted by Gasteiger charge is 2.20. The fourth-order valence-electron chi connectivity index (χ4n) is 2.50. The number of rotatable bonds is 4. The van der Waals surface area contributed by atoms with E-state index in [0.717, 1.165) is 6.54 Å². The minimum Gasteiger partial charge on any atom is -0.371 e. The van der Waals surface area contributed by atoms with Crippen LogP contribution >= 0.6 is 0 Å². The van der Waals surface area contributed by atoms with E-state index in [1.807, 2.05) is 0 Å². The molecule has 1 saturated heterocycles. The van der Waals surface area contributed by atoms with E-state index in [1.54, 1.807) is 0 Å². The first-order valence-corrected chi connectivity index (χ1v) is 7.55. The van der Waals surface area contributed by atoms with Crippen LogP contribution in [-0.4, -0.2) is 19.1 Å². The summed E-state index contributed by atoms with van der Waals surface area (Å²) in [5.41, 5.74) is 3.16. The maximum absolute atomic E-state index is 3.68. The molecule has 0 radical (unpaired) electrons. The van der Waals surface area contributed by atoms with Crippen molar-refractivity contribution < 1.29 is 0 Å². The largest absolute Gasteiger partial charge is 0.371 e. The van der Waals surface area contributed by atoms with Crippen LogP contribution < -0.4 is 10.2 Å². The Labute approximate surface area is 118 Å². The Balaban J connectivity index is 2.04.